The third-order valence-corrected chi connectivity index (χ3v) is 5.11. The van der Waals surface area contributed by atoms with E-state index in [1.54, 1.807) is 23.1 Å². The quantitative estimate of drug-likeness (QED) is 0.342. The third kappa shape index (κ3) is 3.47. The van der Waals surface area contributed by atoms with Gasteiger partial charge in [-0.05, 0) is 41.8 Å². The maximum absolute atomic E-state index is 12.8. The van der Waals surface area contributed by atoms with Crippen molar-refractivity contribution in [1.29, 1.82) is 0 Å². The van der Waals surface area contributed by atoms with Crippen LogP contribution in [0.15, 0.2) is 53.4 Å². The zero-order valence-electron chi connectivity index (χ0n) is 13.3. The molecule has 1 saturated heterocycles. The maximum Gasteiger partial charge on any atom is 0.270 e. The molecule has 1 heterocycles. The topological polar surface area (TPSA) is 63.5 Å². The van der Waals surface area contributed by atoms with Crippen molar-refractivity contribution in [3.05, 3.63) is 74.7 Å². The van der Waals surface area contributed by atoms with Crippen LogP contribution >= 0.6 is 24.0 Å². The van der Waals surface area contributed by atoms with E-state index >= 15 is 0 Å². The van der Waals surface area contributed by atoms with Crippen molar-refractivity contribution in [1.82, 2.24) is 0 Å². The fraction of sp³-hybridized carbons (Fsp3) is 0.111. The van der Waals surface area contributed by atoms with Gasteiger partial charge in [-0.15, -0.1) is 0 Å². The number of hydrogen-bond donors (Lipinski definition) is 0. The first-order valence-electron chi connectivity index (χ1n) is 7.61. The molecular formula is C18H14N2O3S2. The van der Waals surface area contributed by atoms with Crippen LogP contribution in [0.25, 0.3) is 6.08 Å². The Bertz CT molecular complexity index is 891. The van der Waals surface area contributed by atoms with Gasteiger partial charge in [0, 0.05) is 12.1 Å². The first kappa shape index (κ1) is 17.3. The number of nitro benzene ring substituents is 1. The van der Waals surface area contributed by atoms with Crippen LogP contribution < -0.4 is 4.90 Å². The third-order valence-electron chi connectivity index (χ3n) is 3.81. The molecule has 1 aliphatic heterocycles. The smallest absolute Gasteiger partial charge is 0.268 e. The monoisotopic (exact) mass is 370 g/mol. The molecule has 0 bridgehead atoms. The Labute approximate surface area is 154 Å². The van der Waals surface area contributed by atoms with E-state index in [0.29, 0.717) is 9.23 Å². The van der Waals surface area contributed by atoms with E-state index in [4.69, 9.17) is 12.2 Å². The summed E-state index contributed by atoms with van der Waals surface area (Å²) in [6.07, 6.45) is 2.51. The summed E-state index contributed by atoms with van der Waals surface area (Å²) >= 11 is 6.63. The lowest BCUT2D eigenvalue weighted by Crippen LogP contribution is -2.28. The lowest BCUT2D eigenvalue weighted by Gasteiger charge is -2.17. The minimum atomic E-state index is -0.453. The number of aryl methyl sites for hydroxylation is 1. The van der Waals surface area contributed by atoms with E-state index in [1.165, 1.54) is 23.9 Å². The lowest BCUT2D eigenvalue weighted by molar-refractivity contribution is -0.384. The molecule has 0 spiro atoms. The molecule has 1 fully saturated rings. The van der Waals surface area contributed by atoms with Crippen LogP contribution in [0.1, 0.15) is 18.1 Å². The highest BCUT2D eigenvalue weighted by molar-refractivity contribution is 8.27. The number of nitrogens with zero attached hydrogens (tertiary/aromatic N) is 2. The molecule has 0 unspecified atom stereocenters. The van der Waals surface area contributed by atoms with Crippen LogP contribution in [0, 0.1) is 10.1 Å². The summed E-state index contributed by atoms with van der Waals surface area (Å²) in [7, 11) is 0. The standard InChI is InChI=1S/C18H14N2O3S2/c1-2-13-5-3-4-6-15(13)19-17(21)16(25-18(19)24)11-12-7-9-14(10-8-12)20(22)23/h3-11H,2H2,1H3. The summed E-state index contributed by atoms with van der Waals surface area (Å²) < 4.78 is 0.485. The normalized spacial score (nSPS) is 15.9. The van der Waals surface area contributed by atoms with Gasteiger partial charge in [-0.25, -0.2) is 0 Å². The van der Waals surface area contributed by atoms with Crippen LogP contribution in [-0.4, -0.2) is 15.2 Å². The molecule has 3 rings (SSSR count). The molecule has 0 radical (unpaired) electrons. The molecule has 0 saturated carbocycles. The summed E-state index contributed by atoms with van der Waals surface area (Å²) in [5.74, 6) is -0.172. The van der Waals surface area contributed by atoms with Crippen molar-refractivity contribution in [2.45, 2.75) is 13.3 Å². The fourth-order valence-electron chi connectivity index (χ4n) is 2.55. The van der Waals surface area contributed by atoms with Crippen molar-refractivity contribution in [2.75, 3.05) is 4.90 Å². The minimum absolute atomic E-state index is 0.0153. The molecular weight excluding hydrogens is 356 g/mol. The molecule has 25 heavy (non-hydrogen) atoms. The molecule has 0 N–H and O–H groups in total. The molecule has 1 aliphatic rings. The highest BCUT2D eigenvalue weighted by Gasteiger charge is 2.34. The average Bonchev–Trinajstić information content (AvgIpc) is 2.89. The number of para-hydroxylation sites is 1. The highest BCUT2D eigenvalue weighted by Crippen LogP contribution is 2.37. The van der Waals surface area contributed by atoms with Crippen LogP contribution in [-0.2, 0) is 11.2 Å². The van der Waals surface area contributed by atoms with E-state index < -0.39 is 4.92 Å². The molecule has 0 aromatic heterocycles. The van der Waals surface area contributed by atoms with Crippen molar-refractivity contribution < 1.29 is 9.72 Å². The number of hydrogen-bond acceptors (Lipinski definition) is 5. The van der Waals surface area contributed by atoms with Gasteiger partial charge in [0.2, 0.25) is 0 Å². The fourth-order valence-corrected chi connectivity index (χ4v) is 3.83. The second-order valence-corrected chi connectivity index (χ2v) is 7.02. The Morgan fingerprint density at radius 2 is 1.88 bits per heavy atom. The highest BCUT2D eigenvalue weighted by atomic mass is 32.2. The predicted octanol–water partition coefficient (Wildman–Crippen LogP) is 4.56. The zero-order valence-corrected chi connectivity index (χ0v) is 15.0. The van der Waals surface area contributed by atoms with E-state index in [1.807, 2.05) is 31.2 Å². The minimum Gasteiger partial charge on any atom is -0.268 e. The number of carbonyl (C=O) groups excluding carboxylic acids is 1. The number of carbonyl (C=O) groups is 1. The zero-order chi connectivity index (χ0) is 18.0. The van der Waals surface area contributed by atoms with E-state index in [2.05, 4.69) is 0 Å². The van der Waals surface area contributed by atoms with Gasteiger partial charge in [0.25, 0.3) is 11.6 Å². The van der Waals surface area contributed by atoms with Crippen LogP contribution in [0.5, 0.6) is 0 Å². The summed E-state index contributed by atoms with van der Waals surface area (Å²) in [6.45, 7) is 2.03. The van der Waals surface area contributed by atoms with Crippen LogP contribution in [0.2, 0.25) is 0 Å². The largest absolute Gasteiger partial charge is 0.270 e. The van der Waals surface area contributed by atoms with Gasteiger partial charge in [0.15, 0.2) is 4.32 Å². The Balaban J connectivity index is 1.92. The van der Waals surface area contributed by atoms with Gasteiger partial charge in [-0.1, -0.05) is 49.1 Å². The summed E-state index contributed by atoms with van der Waals surface area (Å²) in [6, 6.07) is 13.7. The SMILES string of the molecule is CCc1ccccc1N1C(=O)C(=Cc2ccc([N+](=O)[O-])cc2)SC1=S. The Kier molecular flexibility index (Phi) is 4.96. The number of thiocarbonyl (C=S) groups is 1. The Hall–Kier alpha value is -2.51. The number of nitro groups is 1. The molecule has 5 nitrogen and oxygen atoms in total. The maximum atomic E-state index is 12.8. The van der Waals surface area contributed by atoms with Gasteiger partial charge >= 0.3 is 0 Å². The van der Waals surface area contributed by atoms with Crippen molar-refractivity contribution in [2.24, 2.45) is 0 Å². The number of amides is 1. The summed E-state index contributed by atoms with van der Waals surface area (Å²) in [5, 5.41) is 10.7. The van der Waals surface area contributed by atoms with Gasteiger partial charge in [-0.2, -0.15) is 0 Å². The van der Waals surface area contributed by atoms with E-state index in [9.17, 15) is 14.9 Å². The average molecular weight is 370 g/mol. The molecule has 0 atom stereocenters. The van der Waals surface area contributed by atoms with Crippen molar-refractivity contribution in [3.63, 3.8) is 0 Å². The number of benzene rings is 2. The summed E-state index contributed by atoms with van der Waals surface area (Å²) in [5.41, 5.74) is 2.59. The Morgan fingerprint density at radius 3 is 2.52 bits per heavy atom. The molecule has 7 heteroatoms. The van der Waals surface area contributed by atoms with E-state index in [-0.39, 0.29) is 11.6 Å². The number of non-ortho nitro benzene ring substituents is 1. The summed E-state index contributed by atoms with van der Waals surface area (Å²) in [4.78, 5) is 25.1. The first-order chi connectivity index (χ1) is 12.0. The second-order valence-electron chi connectivity index (χ2n) is 5.35. The van der Waals surface area contributed by atoms with E-state index in [0.717, 1.165) is 23.2 Å². The van der Waals surface area contributed by atoms with Gasteiger partial charge in [0.05, 0.1) is 15.5 Å². The van der Waals surface area contributed by atoms with Crippen molar-refractivity contribution >= 4 is 51.7 Å². The Morgan fingerprint density at radius 1 is 1.20 bits per heavy atom. The number of anilines is 1. The number of rotatable bonds is 4. The van der Waals surface area contributed by atoms with Crippen LogP contribution in [0.4, 0.5) is 11.4 Å². The molecule has 2 aromatic carbocycles. The van der Waals surface area contributed by atoms with Gasteiger partial charge in [0.1, 0.15) is 0 Å². The first-order valence-corrected chi connectivity index (χ1v) is 8.84. The lowest BCUT2D eigenvalue weighted by atomic mass is 10.1. The molecule has 1 amide bonds. The molecule has 0 aliphatic carbocycles. The van der Waals surface area contributed by atoms with Crippen molar-refractivity contribution in [3.8, 4) is 0 Å². The number of thioether (sulfide) groups is 1. The van der Waals surface area contributed by atoms with Gasteiger partial charge < -0.3 is 0 Å². The van der Waals surface area contributed by atoms with Crippen LogP contribution in [0.3, 0.4) is 0 Å². The molecule has 126 valence electrons. The predicted molar refractivity (Wildman–Crippen MR) is 105 cm³/mol. The second kappa shape index (κ2) is 7.16. The van der Waals surface area contributed by atoms with Gasteiger partial charge in [-0.3, -0.25) is 19.8 Å². The molecule has 2 aromatic rings.